The van der Waals surface area contributed by atoms with E-state index in [4.69, 9.17) is 0 Å². The van der Waals surface area contributed by atoms with Crippen LogP contribution >= 0.6 is 0 Å². The first-order valence-corrected chi connectivity index (χ1v) is 8.83. The van der Waals surface area contributed by atoms with Crippen LogP contribution in [0.5, 0.6) is 0 Å². The standard InChI is InChI=1S/C21H21FN2O3/c1-12(2)10-18(19(25)23-14-9-8-13(3)17(22)11-14)24-20(26)15-6-4-5-7-16(15)21(24)27/h4-9,11-12,18H,10H2,1-3H3,(H,23,25)/t18-/m1/s1. The van der Waals surface area contributed by atoms with E-state index in [2.05, 4.69) is 5.32 Å². The molecule has 1 atom stereocenters. The molecule has 1 aliphatic rings. The van der Waals surface area contributed by atoms with Crippen LogP contribution in [0.4, 0.5) is 10.1 Å². The van der Waals surface area contributed by atoms with Crippen molar-refractivity contribution in [3.63, 3.8) is 0 Å². The summed E-state index contributed by atoms with van der Waals surface area (Å²) in [6, 6.07) is 9.92. The van der Waals surface area contributed by atoms with Gasteiger partial charge < -0.3 is 5.32 Å². The van der Waals surface area contributed by atoms with E-state index in [-0.39, 0.29) is 11.6 Å². The van der Waals surface area contributed by atoms with E-state index in [0.717, 1.165) is 4.90 Å². The van der Waals surface area contributed by atoms with E-state index >= 15 is 0 Å². The number of fused-ring (bicyclic) bond motifs is 1. The zero-order chi connectivity index (χ0) is 19.7. The summed E-state index contributed by atoms with van der Waals surface area (Å²) in [7, 11) is 0. The van der Waals surface area contributed by atoms with Gasteiger partial charge in [0.1, 0.15) is 11.9 Å². The number of rotatable bonds is 5. The van der Waals surface area contributed by atoms with Gasteiger partial charge in [-0.2, -0.15) is 0 Å². The number of aryl methyl sites for hydroxylation is 1. The Labute approximate surface area is 157 Å². The van der Waals surface area contributed by atoms with Crippen molar-refractivity contribution in [1.29, 1.82) is 0 Å². The van der Waals surface area contributed by atoms with Crippen LogP contribution in [0.1, 0.15) is 46.5 Å². The molecule has 1 heterocycles. The Kier molecular flexibility index (Phi) is 5.08. The van der Waals surface area contributed by atoms with Crippen LogP contribution < -0.4 is 5.32 Å². The quantitative estimate of drug-likeness (QED) is 0.817. The van der Waals surface area contributed by atoms with Crippen LogP contribution in [0.2, 0.25) is 0 Å². The van der Waals surface area contributed by atoms with Crippen molar-refractivity contribution >= 4 is 23.4 Å². The molecule has 2 aromatic carbocycles. The van der Waals surface area contributed by atoms with E-state index in [1.807, 2.05) is 13.8 Å². The van der Waals surface area contributed by atoms with Gasteiger partial charge in [-0.25, -0.2) is 4.39 Å². The number of benzene rings is 2. The Bertz CT molecular complexity index is 888. The van der Waals surface area contributed by atoms with E-state index in [1.165, 1.54) is 6.07 Å². The van der Waals surface area contributed by atoms with Gasteiger partial charge in [0, 0.05) is 5.69 Å². The molecule has 0 fully saturated rings. The molecule has 2 aromatic rings. The maximum Gasteiger partial charge on any atom is 0.262 e. The Hall–Kier alpha value is -3.02. The number of carbonyl (C=O) groups excluding carboxylic acids is 3. The zero-order valence-electron chi connectivity index (χ0n) is 15.5. The van der Waals surface area contributed by atoms with Gasteiger partial charge in [0.2, 0.25) is 5.91 Å². The molecule has 1 N–H and O–H groups in total. The molecule has 0 unspecified atom stereocenters. The average Bonchev–Trinajstić information content (AvgIpc) is 2.87. The van der Waals surface area contributed by atoms with E-state index in [0.29, 0.717) is 23.1 Å². The minimum atomic E-state index is -0.971. The fourth-order valence-electron chi connectivity index (χ4n) is 3.16. The highest BCUT2D eigenvalue weighted by molar-refractivity contribution is 6.23. The van der Waals surface area contributed by atoms with Crippen molar-refractivity contribution in [2.45, 2.75) is 33.2 Å². The number of halogens is 1. The number of nitrogens with one attached hydrogen (secondary N) is 1. The highest BCUT2D eigenvalue weighted by Gasteiger charge is 2.42. The maximum absolute atomic E-state index is 13.8. The first-order valence-electron chi connectivity index (χ1n) is 8.83. The molecular weight excluding hydrogens is 347 g/mol. The topological polar surface area (TPSA) is 66.5 Å². The first-order chi connectivity index (χ1) is 12.8. The summed E-state index contributed by atoms with van der Waals surface area (Å²) in [5.41, 5.74) is 1.34. The summed E-state index contributed by atoms with van der Waals surface area (Å²) in [6.07, 6.45) is 0.311. The normalized spacial score (nSPS) is 14.5. The minimum absolute atomic E-state index is 0.0693. The SMILES string of the molecule is Cc1ccc(NC(=O)[C@@H](CC(C)C)N2C(=O)c3ccccc3C2=O)cc1F. The van der Waals surface area contributed by atoms with E-state index < -0.39 is 29.6 Å². The molecule has 27 heavy (non-hydrogen) atoms. The molecule has 1 aliphatic heterocycles. The second-order valence-corrected chi connectivity index (χ2v) is 7.12. The van der Waals surface area contributed by atoms with E-state index in [1.54, 1.807) is 43.3 Å². The van der Waals surface area contributed by atoms with Crippen molar-refractivity contribution in [1.82, 2.24) is 4.90 Å². The summed E-state index contributed by atoms with van der Waals surface area (Å²) in [6.45, 7) is 5.44. The lowest BCUT2D eigenvalue weighted by Gasteiger charge is -2.26. The fraction of sp³-hybridized carbons (Fsp3) is 0.286. The number of imide groups is 1. The molecule has 6 heteroatoms. The molecule has 0 saturated carbocycles. The predicted molar refractivity (Wildman–Crippen MR) is 100.0 cm³/mol. The summed E-state index contributed by atoms with van der Waals surface area (Å²) in [4.78, 5) is 39.4. The van der Waals surface area contributed by atoms with Crippen molar-refractivity contribution in [2.24, 2.45) is 5.92 Å². The monoisotopic (exact) mass is 368 g/mol. The van der Waals surface area contributed by atoms with Gasteiger partial charge in [0.25, 0.3) is 11.8 Å². The highest BCUT2D eigenvalue weighted by Crippen LogP contribution is 2.27. The molecule has 3 rings (SSSR count). The molecule has 5 nitrogen and oxygen atoms in total. The van der Waals surface area contributed by atoms with Gasteiger partial charge in [0.05, 0.1) is 11.1 Å². The van der Waals surface area contributed by atoms with Gasteiger partial charge in [0.15, 0.2) is 0 Å². The van der Waals surface area contributed by atoms with Crippen LogP contribution in [-0.4, -0.2) is 28.7 Å². The van der Waals surface area contributed by atoms with Gasteiger partial charge >= 0.3 is 0 Å². The highest BCUT2D eigenvalue weighted by atomic mass is 19.1. The Balaban J connectivity index is 1.90. The molecular formula is C21H21FN2O3. The molecule has 0 radical (unpaired) electrons. The first kappa shape index (κ1) is 18.8. The van der Waals surface area contributed by atoms with Gasteiger partial charge in [-0.05, 0) is 49.1 Å². The lowest BCUT2D eigenvalue weighted by molar-refractivity contribution is -0.120. The van der Waals surface area contributed by atoms with Crippen LogP contribution in [0.15, 0.2) is 42.5 Å². The molecule has 0 spiro atoms. The maximum atomic E-state index is 13.8. The third-order valence-corrected chi connectivity index (χ3v) is 4.57. The average molecular weight is 368 g/mol. The predicted octanol–water partition coefficient (Wildman–Crippen LogP) is 3.78. The fourth-order valence-corrected chi connectivity index (χ4v) is 3.16. The Morgan fingerprint density at radius 1 is 1.07 bits per heavy atom. The molecule has 0 saturated heterocycles. The summed E-state index contributed by atoms with van der Waals surface area (Å²) in [5, 5.41) is 2.64. The van der Waals surface area contributed by atoms with Gasteiger partial charge in [-0.15, -0.1) is 0 Å². The number of anilines is 1. The van der Waals surface area contributed by atoms with Crippen LogP contribution in [-0.2, 0) is 4.79 Å². The van der Waals surface area contributed by atoms with Crippen LogP contribution in [0.25, 0.3) is 0 Å². The van der Waals surface area contributed by atoms with Gasteiger partial charge in [-0.3, -0.25) is 19.3 Å². The minimum Gasteiger partial charge on any atom is -0.324 e. The smallest absolute Gasteiger partial charge is 0.262 e. The Morgan fingerprint density at radius 2 is 1.67 bits per heavy atom. The number of carbonyl (C=O) groups is 3. The number of hydrogen-bond acceptors (Lipinski definition) is 3. The second-order valence-electron chi connectivity index (χ2n) is 7.12. The van der Waals surface area contributed by atoms with Crippen LogP contribution in [0.3, 0.4) is 0 Å². The zero-order valence-corrected chi connectivity index (χ0v) is 15.5. The summed E-state index contributed by atoms with van der Waals surface area (Å²) in [5.74, 6) is -1.84. The number of hydrogen-bond donors (Lipinski definition) is 1. The van der Waals surface area contributed by atoms with Crippen molar-refractivity contribution in [3.8, 4) is 0 Å². The summed E-state index contributed by atoms with van der Waals surface area (Å²) < 4.78 is 13.8. The molecule has 3 amide bonds. The van der Waals surface area contributed by atoms with Crippen molar-refractivity contribution < 1.29 is 18.8 Å². The third kappa shape index (κ3) is 3.60. The number of nitrogens with zero attached hydrogens (tertiary/aromatic N) is 1. The number of amides is 3. The van der Waals surface area contributed by atoms with Crippen molar-refractivity contribution in [3.05, 3.63) is 65.0 Å². The summed E-state index contributed by atoms with van der Waals surface area (Å²) >= 11 is 0. The van der Waals surface area contributed by atoms with Gasteiger partial charge in [-0.1, -0.05) is 32.0 Å². The second kappa shape index (κ2) is 7.31. The molecule has 0 aliphatic carbocycles. The Morgan fingerprint density at radius 3 is 2.19 bits per heavy atom. The molecule has 0 bridgehead atoms. The van der Waals surface area contributed by atoms with E-state index in [9.17, 15) is 18.8 Å². The molecule has 140 valence electrons. The lowest BCUT2D eigenvalue weighted by atomic mass is 10.0. The van der Waals surface area contributed by atoms with Crippen LogP contribution in [0, 0.1) is 18.7 Å². The largest absolute Gasteiger partial charge is 0.324 e. The van der Waals surface area contributed by atoms with Crippen molar-refractivity contribution in [2.75, 3.05) is 5.32 Å². The lowest BCUT2D eigenvalue weighted by Crippen LogP contribution is -2.47. The third-order valence-electron chi connectivity index (χ3n) is 4.57. The molecule has 0 aromatic heterocycles.